The molecule has 0 aliphatic rings. The number of anilines is 1. The normalized spacial score (nSPS) is 11.9. The molecule has 0 fully saturated rings. The summed E-state index contributed by atoms with van der Waals surface area (Å²) in [5.41, 5.74) is 7.89. The number of nitrogens with zero attached hydrogens (tertiary/aromatic N) is 1. The molecule has 1 atom stereocenters. The van der Waals surface area contributed by atoms with Crippen LogP contribution in [0.5, 0.6) is 0 Å². The molecular formula is C15H17N3O2. The van der Waals surface area contributed by atoms with Crippen LogP contribution >= 0.6 is 0 Å². The maximum Gasteiger partial charge on any atom is 0.317 e. The number of pyridine rings is 1. The second-order valence-corrected chi connectivity index (χ2v) is 4.67. The summed E-state index contributed by atoms with van der Waals surface area (Å²) in [6.07, 6.45) is 1.42. The van der Waals surface area contributed by atoms with Crippen molar-refractivity contribution >= 4 is 11.8 Å². The van der Waals surface area contributed by atoms with E-state index in [9.17, 15) is 9.90 Å². The second kappa shape index (κ2) is 6.16. The number of nitrogens with two attached hydrogens (primary N) is 1. The van der Waals surface area contributed by atoms with E-state index in [1.54, 1.807) is 18.3 Å². The number of benzene rings is 1. The summed E-state index contributed by atoms with van der Waals surface area (Å²) in [7, 11) is 0. The highest BCUT2D eigenvalue weighted by Crippen LogP contribution is 2.20. The van der Waals surface area contributed by atoms with Gasteiger partial charge in [0.15, 0.2) is 0 Å². The third-order valence-electron chi connectivity index (χ3n) is 2.93. The molecule has 1 unspecified atom stereocenters. The van der Waals surface area contributed by atoms with E-state index < -0.39 is 12.1 Å². The Morgan fingerprint density at radius 3 is 2.90 bits per heavy atom. The van der Waals surface area contributed by atoms with Gasteiger partial charge in [-0.2, -0.15) is 0 Å². The maximum absolute atomic E-state index is 10.8. The molecule has 0 saturated heterocycles. The highest BCUT2D eigenvalue weighted by molar-refractivity contribution is 5.86. The molecule has 0 bridgehead atoms. The second-order valence-electron chi connectivity index (χ2n) is 4.67. The number of rotatable bonds is 4. The Hall–Kier alpha value is -2.40. The molecule has 5 heteroatoms. The van der Waals surface area contributed by atoms with E-state index >= 15 is 0 Å². The van der Waals surface area contributed by atoms with Crippen molar-refractivity contribution in [1.29, 1.82) is 0 Å². The fraction of sp³-hybridized carbons (Fsp3) is 0.200. The van der Waals surface area contributed by atoms with Gasteiger partial charge < -0.3 is 10.8 Å². The summed E-state index contributed by atoms with van der Waals surface area (Å²) >= 11 is 0. The smallest absolute Gasteiger partial charge is 0.317 e. The number of urea groups is 1. The first-order chi connectivity index (χ1) is 9.54. The van der Waals surface area contributed by atoms with E-state index in [1.807, 2.05) is 31.2 Å². The Kier molecular flexibility index (Phi) is 4.32. The predicted octanol–water partition coefficient (Wildman–Crippen LogP) is 2.16. The fourth-order valence-electron chi connectivity index (χ4n) is 2.01. The Bertz CT molecular complexity index is 614. The van der Waals surface area contributed by atoms with Crippen molar-refractivity contribution in [2.24, 2.45) is 5.73 Å². The molecule has 1 aromatic heterocycles. The average molecular weight is 271 g/mol. The summed E-state index contributed by atoms with van der Waals surface area (Å²) in [4.78, 5) is 14.8. The molecular weight excluding hydrogens is 254 g/mol. The standard InChI is InChI=1S/C15H17N3O2/c1-10-3-2-4-12(7-10)13(19)8-11-5-6-17-14(9-11)18-15(16)20/h2-7,9,13,19H,8H2,1H3,(H3,16,17,18,20). The van der Waals surface area contributed by atoms with Gasteiger partial charge in [-0.05, 0) is 30.2 Å². The Balaban J connectivity index is 2.11. The van der Waals surface area contributed by atoms with Crippen molar-refractivity contribution in [2.45, 2.75) is 19.4 Å². The molecule has 2 rings (SSSR count). The lowest BCUT2D eigenvalue weighted by Crippen LogP contribution is -2.20. The number of hydrogen-bond acceptors (Lipinski definition) is 3. The monoisotopic (exact) mass is 271 g/mol. The topological polar surface area (TPSA) is 88.2 Å². The first-order valence-electron chi connectivity index (χ1n) is 6.30. The minimum atomic E-state index is -0.658. The first-order valence-corrected chi connectivity index (χ1v) is 6.30. The predicted molar refractivity (Wildman–Crippen MR) is 77.3 cm³/mol. The van der Waals surface area contributed by atoms with Crippen molar-refractivity contribution in [3.8, 4) is 0 Å². The lowest BCUT2D eigenvalue weighted by atomic mass is 10.0. The van der Waals surface area contributed by atoms with Crippen LogP contribution in [-0.4, -0.2) is 16.1 Å². The van der Waals surface area contributed by atoms with Crippen LogP contribution in [0.4, 0.5) is 10.6 Å². The van der Waals surface area contributed by atoms with Gasteiger partial charge in [-0.1, -0.05) is 29.8 Å². The van der Waals surface area contributed by atoms with Crippen LogP contribution in [-0.2, 0) is 6.42 Å². The van der Waals surface area contributed by atoms with Gasteiger partial charge in [-0.15, -0.1) is 0 Å². The summed E-state index contributed by atoms with van der Waals surface area (Å²) in [5, 5.41) is 12.7. The number of carbonyl (C=O) groups excluding carboxylic acids is 1. The van der Waals surface area contributed by atoms with Gasteiger partial charge in [-0.25, -0.2) is 9.78 Å². The number of carbonyl (C=O) groups is 1. The van der Waals surface area contributed by atoms with Crippen LogP contribution < -0.4 is 11.1 Å². The van der Waals surface area contributed by atoms with Crippen molar-refractivity contribution in [1.82, 2.24) is 4.98 Å². The van der Waals surface area contributed by atoms with Gasteiger partial charge in [0.2, 0.25) is 0 Å². The number of aryl methyl sites for hydroxylation is 1. The van der Waals surface area contributed by atoms with Crippen molar-refractivity contribution in [3.63, 3.8) is 0 Å². The molecule has 0 radical (unpaired) electrons. The van der Waals surface area contributed by atoms with Gasteiger partial charge >= 0.3 is 6.03 Å². The number of aliphatic hydroxyl groups is 1. The van der Waals surface area contributed by atoms with Crippen molar-refractivity contribution in [2.75, 3.05) is 5.32 Å². The zero-order valence-corrected chi connectivity index (χ0v) is 11.2. The zero-order chi connectivity index (χ0) is 14.5. The summed E-state index contributed by atoms with van der Waals surface area (Å²) < 4.78 is 0. The van der Waals surface area contributed by atoms with E-state index in [0.29, 0.717) is 12.2 Å². The molecule has 0 saturated carbocycles. The molecule has 4 N–H and O–H groups in total. The summed E-state index contributed by atoms with van der Waals surface area (Å²) in [5.74, 6) is 0.381. The van der Waals surface area contributed by atoms with Crippen LogP contribution in [0.3, 0.4) is 0 Å². The Morgan fingerprint density at radius 1 is 1.40 bits per heavy atom. The number of primary amides is 1. The van der Waals surface area contributed by atoms with E-state index in [1.165, 1.54) is 0 Å². The van der Waals surface area contributed by atoms with Crippen LogP contribution in [0.2, 0.25) is 0 Å². The summed E-state index contributed by atoms with van der Waals surface area (Å²) in [6, 6.07) is 10.6. The Morgan fingerprint density at radius 2 is 2.20 bits per heavy atom. The molecule has 5 nitrogen and oxygen atoms in total. The van der Waals surface area contributed by atoms with E-state index in [4.69, 9.17) is 5.73 Å². The van der Waals surface area contributed by atoms with Crippen LogP contribution in [0, 0.1) is 6.92 Å². The first kappa shape index (κ1) is 14.0. The molecule has 20 heavy (non-hydrogen) atoms. The average Bonchev–Trinajstić information content (AvgIpc) is 2.38. The molecule has 2 aromatic rings. The third-order valence-corrected chi connectivity index (χ3v) is 2.93. The highest BCUT2D eigenvalue weighted by atomic mass is 16.3. The minimum Gasteiger partial charge on any atom is -0.388 e. The van der Waals surface area contributed by atoms with Gasteiger partial charge in [-0.3, -0.25) is 5.32 Å². The number of hydrogen-bond donors (Lipinski definition) is 3. The number of aliphatic hydroxyl groups excluding tert-OH is 1. The van der Waals surface area contributed by atoms with Crippen LogP contribution in [0.15, 0.2) is 42.6 Å². The molecule has 2 amide bonds. The van der Waals surface area contributed by atoms with Crippen LogP contribution in [0.1, 0.15) is 22.8 Å². The van der Waals surface area contributed by atoms with E-state index in [0.717, 1.165) is 16.7 Å². The van der Waals surface area contributed by atoms with E-state index in [2.05, 4.69) is 10.3 Å². The Labute approximate surface area is 117 Å². The lowest BCUT2D eigenvalue weighted by molar-refractivity contribution is 0.178. The van der Waals surface area contributed by atoms with Crippen LogP contribution in [0.25, 0.3) is 0 Å². The molecule has 104 valence electrons. The third kappa shape index (κ3) is 3.80. The molecule has 0 aliphatic heterocycles. The number of aromatic nitrogens is 1. The van der Waals surface area contributed by atoms with Gasteiger partial charge in [0, 0.05) is 12.6 Å². The maximum atomic E-state index is 10.8. The largest absolute Gasteiger partial charge is 0.388 e. The quantitative estimate of drug-likeness (QED) is 0.796. The SMILES string of the molecule is Cc1cccc(C(O)Cc2ccnc(NC(N)=O)c2)c1. The number of nitrogens with one attached hydrogen (secondary N) is 1. The number of amides is 2. The molecule has 1 heterocycles. The van der Waals surface area contributed by atoms with Gasteiger partial charge in [0.1, 0.15) is 5.82 Å². The van der Waals surface area contributed by atoms with E-state index in [-0.39, 0.29) is 0 Å². The zero-order valence-electron chi connectivity index (χ0n) is 11.2. The minimum absolute atomic E-state index is 0.381. The van der Waals surface area contributed by atoms with Gasteiger partial charge in [0.25, 0.3) is 0 Å². The van der Waals surface area contributed by atoms with Gasteiger partial charge in [0.05, 0.1) is 6.10 Å². The summed E-state index contributed by atoms with van der Waals surface area (Å²) in [6.45, 7) is 1.98. The highest BCUT2D eigenvalue weighted by Gasteiger charge is 2.09. The molecule has 0 spiro atoms. The molecule has 0 aliphatic carbocycles. The lowest BCUT2D eigenvalue weighted by Gasteiger charge is -2.12. The molecule has 1 aromatic carbocycles. The van der Waals surface area contributed by atoms with Crippen molar-refractivity contribution in [3.05, 3.63) is 59.3 Å². The van der Waals surface area contributed by atoms with Crippen molar-refractivity contribution < 1.29 is 9.90 Å². The fourth-order valence-corrected chi connectivity index (χ4v) is 2.01.